The van der Waals surface area contributed by atoms with E-state index in [0.717, 1.165) is 6.42 Å². The lowest BCUT2D eigenvalue weighted by Gasteiger charge is -2.19. The Hall–Kier alpha value is -2.77. The minimum atomic E-state index is -0.607. The largest absolute Gasteiger partial charge is 0.486 e. The Morgan fingerprint density at radius 3 is 2.54 bits per heavy atom. The molecular formula is C20H24ClN3O4. The lowest BCUT2D eigenvalue weighted by Crippen LogP contribution is -2.35. The second-order valence-corrected chi connectivity index (χ2v) is 6.24. The summed E-state index contributed by atoms with van der Waals surface area (Å²) in [6.45, 7) is 2.94. The highest BCUT2D eigenvalue weighted by atomic mass is 35.5. The molecule has 2 amide bonds. The summed E-state index contributed by atoms with van der Waals surface area (Å²) in [5.41, 5.74) is 7.20. The van der Waals surface area contributed by atoms with Crippen LogP contribution in [0.4, 0.5) is 11.4 Å². The maximum Gasteiger partial charge on any atom is 0.257 e. The van der Waals surface area contributed by atoms with Gasteiger partial charge in [-0.05, 0) is 30.7 Å². The molecule has 28 heavy (non-hydrogen) atoms. The van der Waals surface area contributed by atoms with Crippen LogP contribution in [0.25, 0.3) is 0 Å². The quantitative estimate of drug-likeness (QED) is 0.684. The van der Waals surface area contributed by atoms with Crippen LogP contribution in [0, 0.1) is 0 Å². The summed E-state index contributed by atoms with van der Waals surface area (Å²) in [7, 11) is 0. The molecule has 0 fully saturated rings. The van der Waals surface area contributed by atoms with Gasteiger partial charge in [-0.25, -0.2) is 0 Å². The molecule has 1 heterocycles. The Morgan fingerprint density at radius 1 is 1.07 bits per heavy atom. The van der Waals surface area contributed by atoms with E-state index in [-0.39, 0.29) is 24.2 Å². The number of hydrogen-bond acceptors (Lipinski definition) is 5. The summed E-state index contributed by atoms with van der Waals surface area (Å²) < 4.78 is 11.0. The first-order valence-corrected chi connectivity index (χ1v) is 8.95. The van der Waals surface area contributed by atoms with Crippen molar-refractivity contribution < 1.29 is 19.1 Å². The van der Waals surface area contributed by atoms with E-state index in [1.807, 2.05) is 6.92 Å². The second-order valence-electron chi connectivity index (χ2n) is 6.24. The van der Waals surface area contributed by atoms with Crippen LogP contribution < -0.4 is 25.8 Å². The summed E-state index contributed by atoms with van der Waals surface area (Å²) in [5.74, 6) is 0.589. The van der Waals surface area contributed by atoms with Crippen LogP contribution in [0.3, 0.4) is 0 Å². The zero-order valence-corrected chi connectivity index (χ0v) is 16.4. The van der Waals surface area contributed by atoms with Crippen LogP contribution in [-0.4, -0.2) is 31.1 Å². The molecule has 2 aromatic rings. The minimum absolute atomic E-state index is 0. The molecular weight excluding hydrogens is 382 g/mol. The predicted octanol–water partition coefficient (Wildman–Crippen LogP) is 3.20. The minimum Gasteiger partial charge on any atom is -0.486 e. The normalized spacial score (nSPS) is 13.1. The van der Waals surface area contributed by atoms with Crippen LogP contribution >= 0.6 is 12.4 Å². The Morgan fingerprint density at radius 2 is 1.79 bits per heavy atom. The van der Waals surface area contributed by atoms with Crippen molar-refractivity contribution in [2.75, 3.05) is 23.8 Å². The summed E-state index contributed by atoms with van der Waals surface area (Å²) >= 11 is 0. The molecule has 0 spiro atoms. The van der Waals surface area contributed by atoms with Gasteiger partial charge >= 0.3 is 0 Å². The number of carbonyl (C=O) groups is 2. The van der Waals surface area contributed by atoms with E-state index in [1.54, 1.807) is 42.5 Å². The van der Waals surface area contributed by atoms with E-state index in [4.69, 9.17) is 15.2 Å². The molecule has 1 aliphatic heterocycles. The average molecular weight is 406 g/mol. The molecule has 0 radical (unpaired) electrons. The van der Waals surface area contributed by atoms with Gasteiger partial charge < -0.3 is 25.8 Å². The highest BCUT2D eigenvalue weighted by molar-refractivity contribution is 6.10. The lowest BCUT2D eigenvalue weighted by molar-refractivity contribution is -0.117. The van der Waals surface area contributed by atoms with E-state index in [1.165, 1.54) is 0 Å². The number of rotatable bonds is 6. The molecule has 1 aliphatic rings. The van der Waals surface area contributed by atoms with Crippen molar-refractivity contribution in [3.8, 4) is 11.5 Å². The molecule has 4 N–H and O–H groups in total. The van der Waals surface area contributed by atoms with E-state index in [2.05, 4.69) is 10.6 Å². The molecule has 7 nitrogen and oxygen atoms in total. The van der Waals surface area contributed by atoms with Crippen LogP contribution in [0.2, 0.25) is 0 Å². The van der Waals surface area contributed by atoms with Crippen molar-refractivity contribution in [3.05, 3.63) is 48.0 Å². The summed E-state index contributed by atoms with van der Waals surface area (Å²) in [4.78, 5) is 24.9. The molecule has 3 rings (SSSR count). The third-order valence-corrected chi connectivity index (χ3v) is 4.17. The van der Waals surface area contributed by atoms with Gasteiger partial charge in [0, 0.05) is 11.8 Å². The first-order valence-electron chi connectivity index (χ1n) is 8.95. The number of fused-ring (bicyclic) bond motifs is 1. The number of anilines is 2. The number of nitrogens with two attached hydrogens (primary N) is 1. The number of benzene rings is 2. The SMILES string of the molecule is CCCC(N)C(=O)Nc1ccccc1C(=O)Nc1ccc2c(c1)OCCO2.Cl. The maximum atomic E-state index is 12.7. The molecule has 0 aliphatic carbocycles. The average Bonchev–Trinajstić information content (AvgIpc) is 2.68. The number of para-hydroxylation sites is 1. The second kappa shape index (κ2) is 9.96. The summed E-state index contributed by atoms with van der Waals surface area (Å²) in [6, 6.07) is 11.4. The number of amides is 2. The van der Waals surface area contributed by atoms with Crippen molar-refractivity contribution in [1.29, 1.82) is 0 Å². The molecule has 1 atom stereocenters. The molecule has 2 aromatic carbocycles. The fraction of sp³-hybridized carbons (Fsp3) is 0.300. The monoisotopic (exact) mass is 405 g/mol. The van der Waals surface area contributed by atoms with Crippen molar-refractivity contribution in [3.63, 3.8) is 0 Å². The Kier molecular flexibility index (Phi) is 7.66. The van der Waals surface area contributed by atoms with Crippen LogP contribution in [-0.2, 0) is 4.79 Å². The van der Waals surface area contributed by atoms with Crippen molar-refractivity contribution in [2.24, 2.45) is 5.73 Å². The van der Waals surface area contributed by atoms with Crippen LogP contribution in [0.15, 0.2) is 42.5 Å². The molecule has 150 valence electrons. The van der Waals surface area contributed by atoms with Gasteiger partial charge in [-0.1, -0.05) is 25.5 Å². The van der Waals surface area contributed by atoms with E-state index in [0.29, 0.717) is 48.1 Å². The molecule has 1 unspecified atom stereocenters. The van der Waals surface area contributed by atoms with Gasteiger partial charge in [0.05, 0.1) is 17.3 Å². The standard InChI is InChI=1S/C20H23N3O4.ClH/c1-2-5-15(21)20(25)23-16-7-4-3-6-14(16)19(24)22-13-8-9-17-18(12-13)27-11-10-26-17;/h3-4,6-9,12,15H,2,5,10-11,21H2,1H3,(H,22,24)(H,23,25);1H. The highest BCUT2D eigenvalue weighted by Gasteiger charge is 2.18. The fourth-order valence-corrected chi connectivity index (χ4v) is 2.78. The Balaban J connectivity index is 0.00000280. The van der Waals surface area contributed by atoms with Crippen LogP contribution in [0.1, 0.15) is 30.1 Å². The van der Waals surface area contributed by atoms with Gasteiger partial charge in [-0.2, -0.15) is 0 Å². The smallest absolute Gasteiger partial charge is 0.257 e. The fourth-order valence-electron chi connectivity index (χ4n) is 2.78. The Bertz CT molecular complexity index is 844. The number of nitrogens with one attached hydrogen (secondary N) is 2. The summed E-state index contributed by atoms with van der Waals surface area (Å²) in [5, 5.41) is 5.56. The molecule has 8 heteroatoms. The third kappa shape index (κ3) is 5.15. The maximum absolute atomic E-state index is 12.7. The van der Waals surface area contributed by atoms with Gasteiger partial charge in [-0.15, -0.1) is 12.4 Å². The number of halogens is 1. The third-order valence-electron chi connectivity index (χ3n) is 4.17. The van der Waals surface area contributed by atoms with E-state index >= 15 is 0 Å². The first-order chi connectivity index (χ1) is 13.1. The van der Waals surface area contributed by atoms with Crippen molar-refractivity contribution in [1.82, 2.24) is 0 Å². The van der Waals surface area contributed by atoms with Gasteiger partial charge in [-0.3, -0.25) is 9.59 Å². The van der Waals surface area contributed by atoms with Crippen molar-refractivity contribution in [2.45, 2.75) is 25.8 Å². The summed E-state index contributed by atoms with van der Waals surface area (Å²) in [6.07, 6.45) is 1.39. The number of carbonyl (C=O) groups excluding carboxylic acids is 2. The molecule has 0 saturated carbocycles. The first kappa shape index (κ1) is 21.5. The van der Waals surface area contributed by atoms with E-state index < -0.39 is 6.04 Å². The lowest BCUT2D eigenvalue weighted by atomic mass is 10.1. The molecule has 0 aromatic heterocycles. The Labute approximate surface area is 170 Å². The zero-order valence-electron chi connectivity index (χ0n) is 15.6. The zero-order chi connectivity index (χ0) is 19.2. The topological polar surface area (TPSA) is 103 Å². The van der Waals surface area contributed by atoms with Crippen LogP contribution in [0.5, 0.6) is 11.5 Å². The van der Waals surface area contributed by atoms with Gasteiger partial charge in [0.25, 0.3) is 5.91 Å². The predicted molar refractivity (Wildman–Crippen MR) is 111 cm³/mol. The van der Waals surface area contributed by atoms with E-state index in [9.17, 15) is 9.59 Å². The number of hydrogen-bond donors (Lipinski definition) is 3. The van der Waals surface area contributed by atoms with Crippen molar-refractivity contribution >= 4 is 35.6 Å². The molecule has 0 saturated heterocycles. The van der Waals surface area contributed by atoms with Gasteiger partial charge in [0.15, 0.2) is 11.5 Å². The number of ether oxygens (including phenoxy) is 2. The molecule has 0 bridgehead atoms. The van der Waals surface area contributed by atoms with Gasteiger partial charge in [0.2, 0.25) is 5.91 Å². The highest BCUT2D eigenvalue weighted by Crippen LogP contribution is 2.32. The van der Waals surface area contributed by atoms with Gasteiger partial charge in [0.1, 0.15) is 13.2 Å².